The Morgan fingerprint density at radius 1 is 0.885 bits per heavy atom. The van der Waals surface area contributed by atoms with Gasteiger partial charge in [0.1, 0.15) is 30.9 Å². The Kier molecular flexibility index (Phi) is 6.58. The van der Waals surface area contributed by atoms with Crippen LogP contribution >= 0.6 is 11.8 Å². The molecule has 0 aliphatic rings. The SMILES string of the molecule is COCCOc1cc2ncnc(Sc3ncn[nH]3)c2cc1OCCOC. The molecule has 0 aliphatic carbocycles. The molecule has 0 saturated heterocycles. The highest BCUT2D eigenvalue weighted by Crippen LogP contribution is 2.36. The molecule has 1 aromatic carbocycles. The van der Waals surface area contributed by atoms with E-state index in [-0.39, 0.29) is 0 Å². The largest absolute Gasteiger partial charge is 0.487 e. The van der Waals surface area contributed by atoms with Crippen molar-refractivity contribution in [3.05, 3.63) is 24.8 Å². The van der Waals surface area contributed by atoms with Crippen LogP contribution in [-0.2, 0) is 9.47 Å². The third-order valence-corrected chi connectivity index (χ3v) is 4.25. The monoisotopic (exact) mass is 377 g/mol. The van der Waals surface area contributed by atoms with Crippen LogP contribution in [0.1, 0.15) is 0 Å². The number of fused-ring (bicyclic) bond motifs is 1. The van der Waals surface area contributed by atoms with Crippen molar-refractivity contribution in [2.75, 3.05) is 40.6 Å². The zero-order chi connectivity index (χ0) is 18.2. The maximum atomic E-state index is 5.82. The molecule has 3 aromatic rings. The van der Waals surface area contributed by atoms with Crippen LogP contribution in [0.25, 0.3) is 10.9 Å². The van der Waals surface area contributed by atoms with Crippen LogP contribution in [0.15, 0.2) is 35.0 Å². The lowest BCUT2D eigenvalue weighted by Gasteiger charge is -2.14. The summed E-state index contributed by atoms with van der Waals surface area (Å²) in [5, 5.41) is 8.88. The summed E-state index contributed by atoms with van der Waals surface area (Å²) in [7, 11) is 3.25. The molecule has 10 heteroatoms. The van der Waals surface area contributed by atoms with Crippen LogP contribution in [-0.4, -0.2) is 65.8 Å². The Labute approximate surface area is 154 Å². The standard InChI is InChI=1S/C16H19N5O4S/c1-22-3-5-24-13-7-11-12(8-14(13)25-6-4-23-2)17-9-18-15(11)26-16-19-10-20-21-16/h7-10H,3-6H2,1-2H3,(H,19,20,21). The minimum absolute atomic E-state index is 0.404. The van der Waals surface area contributed by atoms with Crippen LogP contribution in [0.2, 0.25) is 0 Å². The predicted molar refractivity (Wildman–Crippen MR) is 94.8 cm³/mol. The average molecular weight is 377 g/mol. The van der Waals surface area contributed by atoms with Gasteiger partial charge in [-0.05, 0) is 17.8 Å². The zero-order valence-corrected chi connectivity index (χ0v) is 15.3. The number of ether oxygens (including phenoxy) is 4. The molecule has 0 radical (unpaired) electrons. The quantitative estimate of drug-likeness (QED) is 0.419. The van der Waals surface area contributed by atoms with E-state index in [4.69, 9.17) is 18.9 Å². The Morgan fingerprint density at radius 2 is 1.62 bits per heavy atom. The predicted octanol–water partition coefficient (Wildman–Crippen LogP) is 1.95. The van der Waals surface area contributed by atoms with Gasteiger partial charge in [-0.25, -0.2) is 15.0 Å². The van der Waals surface area contributed by atoms with E-state index in [0.717, 1.165) is 15.9 Å². The van der Waals surface area contributed by atoms with Crippen molar-refractivity contribution in [2.24, 2.45) is 0 Å². The molecule has 138 valence electrons. The van der Waals surface area contributed by atoms with Gasteiger partial charge in [-0.15, -0.1) is 0 Å². The fraction of sp³-hybridized carbons (Fsp3) is 0.375. The number of methoxy groups -OCH3 is 2. The number of hydrogen-bond donors (Lipinski definition) is 1. The van der Waals surface area contributed by atoms with Gasteiger partial charge >= 0.3 is 0 Å². The number of benzene rings is 1. The van der Waals surface area contributed by atoms with Gasteiger partial charge in [0.25, 0.3) is 0 Å². The van der Waals surface area contributed by atoms with Crippen molar-refractivity contribution in [3.8, 4) is 11.5 Å². The van der Waals surface area contributed by atoms with Gasteiger partial charge in [0, 0.05) is 25.7 Å². The molecule has 0 spiro atoms. The van der Waals surface area contributed by atoms with E-state index >= 15 is 0 Å². The van der Waals surface area contributed by atoms with Gasteiger partial charge in [0.15, 0.2) is 16.7 Å². The fourth-order valence-corrected chi connectivity index (χ4v) is 2.91. The summed E-state index contributed by atoms with van der Waals surface area (Å²) in [6.07, 6.45) is 2.96. The second-order valence-corrected chi connectivity index (χ2v) is 6.05. The molecule has 0 bridgehead atoms. The number of hydrogen-bond acceptors (Lipinski definition) is 9. The molecule has 0 unspecified atom stereocenters. The molecule has 2 heterocycles. The topological polar surface area (TPSA) is 104 Å². The number of aromatic nitrogens is 5. The van der Waals surface area contributed by atoms with Gasteiger partial charge in [-0.2, -0.15) is 5.10 Å². The van der Waals surface area contributed by atoms with E-state index in [9.17, 15) is 0 Å². The number of nitrogens with one attached hydrogen (secondary N) is 1. The maximum absolute atomic E-state index is 5.82. The van der Waals surface area contributed by atoms with Gasteiger partial charge < -0.3 is 18.9 Å². The zero-order valence-electron chi connectivity index (χ0n) is 14.5. The maximum Gasteiger partial charge on any atom is 0.189 e. The van der Waals surface area contributed by atoms with Crippen LogP contribution in [0.4, 0.5) is 0 Å². The van der Waals surface area contributed by atoms with E-state index in [1.54, 1.807) is 14.2 Å². The molecule has 9 nitrogen and oxygen atoms in total. The molecule has 26 heavy (non-hydrogen) atoms. The third kappa shape index (κ3) is 4.59. The van der Waals surface area contributed by atoms with E-state index in [1.807, 2.05) is 12.1 Å². The van der Waals surface area contributed by atoms with Crippen LogP contribution in [0.5, 0.6) is 11.5 Å². The average Bonchev–Trinajstić information content (AvgIpc) is 3.16. The van der Waals surface area contributed by atoms with E-state index in [2.05, 4.69) is 25.1 Å². The lowest BCUT2D eigenvalue weighted by molar-refractivity contribution is 0.132. The first-order chi connectivity index (χ1) is 12.8. The number of aromatic amines is 1. The molecule has 0 fully saturated rings. The van der Waals surface area contributed by atoms with Gasteiger partial charge in [0.2, 0.25) is 0 Å². The van der Waals surface area contributed by atoms with Crippen LogP contribution in [0.3, 0.4) is 0 Å². The van der Waals surface area contributed by atoms with E-state index in [0.29, 0.717) is 43.1 Å². The number of H-pyrrole nitrogens is 1. The summed E-state index contributed by atoms with van der Waals surface area (Å²) < 4.78 is 21.7. The first-order valence-electron chi connectivity index (χ1n) is 7.87. The van der Waals surface area contributed by atoms with Crippen molar-refractivity contribution in [2.45, 2.75) is 10.2 Å². The summed E-state index contributed by atoms with van der Waals surface area (Å²) >= 11 is 1.37. The highest BCUT2D eigenvalue weighted by Gasteiger charge is 2.14. The summed E-state index contributed by atoms with van der Waals surface area (Å²) in [5.41, 5.74) is 0.744. The fourth-order valence-electron chi connectivity index (χ4n) is 2.15. The summed E-state index contributed by atoms with van der Waals surface area (Å²) in [5.74, 6) is 1.19. The molecule has 0 atom stereocenters. The lowest BCUT2D eigenvalue weighted by atomic mass is 10.2. The molecular weight excluding hydrogens is 358 g/mol. The Morgan fingerprint density at radius 3 is 2.27 bits per heavy atom. The lowest BCUT2D eigenvalue weighted by Crippen LogP contribution is -2.08. The highest BCUT2D eigenvalue weighted by atomic mass is 32.2. The molecule has 2 aromatic heterocycles. The van der Waals surface area contributed by atoms with Crippen LogP contribution < -0.4 is 9.47 Å². The van der Waals surface area contributed by atoms with Gasteiger partial charge in [-0.3, -0.25) is 5.10 Å². The van der Waals surface area contributed by atoms with Crippen LogP contribution in [0, 0.1) is 0 Å². The second kappa shape index (κ2) is 9.32. The molecule has 0 saturated carbocycles. The smallest absolute Gasteiger partial charge is 0.189 e. The normalized spacial score (nSPS) is 11.0. The van der Waals surface area contributed by atoms with Gasteiger partial charge in [-0.1, -0.05) is 0 Å². The van der Waals surface area contributed by atoms with Crippen molar-refractivity contribution in [1.29, 1.82) is 0 Å². The second-order valence-electron chi connectivity index (χ2n) is 5.07. The summed E-state index contributed by atoms with van der Waals surface area (Å²) in [6, 6.07) is 3.70. The Hall–Kier alpha value is -2.43. The van der Waals surface area contributed by atoms with Gasteiger partial charge in [0.05, 0.1) is 18.7 Å². The van der Waals surface area contributed by atoms with Crippen molar-refractivity contribution >= 4 is 22.7 Å². The van der Waals surface area contributed by atoms with E-state index < -0.39 is 0 Å². The molecule has 1 N–H and O–H groups in total. The number of rotatable bonds is 10. The Balaban J connectivity index is 1.93. The van der Waals surface area contributed by atoms with E-state index in [1.165, 1.54) is 24.4 Å². The molecule has 0 amide bonds. The molecular formula is C16H19N5O4S. The van der Waals surface area contributed by atoms with Crippen molar-refractivity contribution < 1.29 is 18.9 Å². The first-order valence-corrected chi connectivity index (χ1v) is 8.69. The van der Waals surface area contributed by atoms with Crippen molar-refractivity contribution in [1.82, 2.24) is 25.1 Å². The summed E-state index contributed by atoms with van der Waals surface area (Å²) in [6.45, 7) is 1.76. The number of nitrogens with zero attached hydrogens (tertiary/aromatic N) is 4. The molecule has 3 rings (SSSR count). The third-order valence-electron chi connectivity index (χ3n) is 3.34. The highest BCUT2D eigenvalue weighted by molar-refractivity contribution is 7.99. The minimum Gasteiger partial charge on any atom is -0.487 e. The summed E-state index contributed by atoms with van der Waals surface area (Å²) in [4.78, 5) is 12.8. The Bertz CT molecular complexity index is 831. The first kappa shape index (κ1) is 18.4. The van der Waals surface area contributed by atoms with Crippen molar-refractivity contribution in [3.63, 3.8) is 0 Å². The molecule has 0 aliphatic heterocycles. The minimum atomic E-state index is 0.404.